The van der Waals surface area contributed by atoms with Crippen molar-refractivity contribution < 1.29 is 9.53 Å². The standard InChI is InChI=1S/C18H28O2/c1-6-10-20-16-11-14(4)17(15(5)12-16)8-7-9-18(19)13(2)3/h11-13H,6-10H2,1-5H3. The first-order valence-corrected chi connectivity index (χ1v) is 7.71. The monoisotopic (exact) mass is 276 g/mol. The van der Waals surface area contributed by atoms with Crippen molar-refractivity contribution in [3.8, 4) is 5.75 Å². The van der Waals surface area contributed by atoms with Gasteiger partial charge in [0.25, 0.3) is 0 Å². The van der Waals surface area contributed by atoms with Crippen molar-refractivity contribution in [2.45, 2.75) is 60.3 Å². The van der Waals surface area contributed by atoms with Gasteiger partial charge in [0.15, 0.2) is 0 Å². The molecule has 0 atom stereocenters. The van der Waals surface area contributed by atoms with Gasteiger partial charge in [-0.15, -0.1) is 0 Å². The SMILES string of the molecule is CCCOc1cc(C)c(CCCC(=O)C(C)C)c(C)c1. The first-order chi connectivity index (χ1) is 9.45. The van der Waals surface area contributed by atoms with Gasteiger partial charge in [0.05, 0.1) is 6.61 Å². The number of ether oxygens (including phenoxy) is 1. The van der Waals surface area contributed by atoms with Crippen LogP contribution >= 0.6 is 0 Å². The van der Waals surface area contributed by atoms with Crippen LogP contribution in [0.15, 0.2) is 12.1 Å². The fraction of sp³-hybridized carbons (Fsp3) is 0.611. The number of benzene rings is 1. The van der Waals surface area contributed by atoms with Gasteiger partial charge in [-0.2, -0.15) is 0 Å². The van der Waals surface area contributed by atoms with Crippen molar-refractivity contribution >= 4 is 5.78 Å². The minimum atomic E-state index is 0.155. The van der Waals surface area contributed by atoms with Gasteiger partial charge in [0.2, 0.25) is 0 Å². The van der Waals surface area contributed by atoms with Gasteiger partial charge in [-0.05, 0) is 61.9 Å². The highest BCUT2D eigenvalue weighted by molar-refractivity contribution is 5.80. The second-order valence-electron chi connectivity index (χ2n) is 5.86. The molecular weight excluding hydrogens is 248 g/mol. The van der Waals surface area contributed by atoms with Crippen molar-refractivity contribution in [3.63, 3.8) is 0 Å². The van der Waals surface area contributed by atoms with Gasteiger partial charge < -0.3 is 4.74 Å². The van der Waals surface area contributed by atoms with Gasteiger partial charge in [0.1, 0.15) is 11.5 Å². The molecule has 0 aromatic heterocycles. The second kappa shape index (κ2) is 8.08. The van der Waals surface area contributed by atoms with E-state index < -0.39 is 0 Å². The van der Waals surface area contributed by atoms with Crippen molar-refractivity contribution in [2.24, 2.45) is 5.92 Å². The largest absolute Gasteiger partial charge is 0.494 e. The summed E-state index contributed by atoms with van der Waals surface area (Å²) in [6.07, 6.45) is 3.62. The quantitative estimate of drug-likeness (QED) is 0.691. The molecule has 112 valence electrons. The predicted molar refractivity (Wildman–Crippen MR) is 84.5 cm³/mol. The van der Waals surface area contributed by atoms with E-state index in [1.165, 1.54) is 16.7 Å². The van der Waals surface area contributed by atoms with E-state index >= 15 is 0 Å². The van der Waals surface area contributed by atoms with Gasteiger partial charge in [0, 0.05) is 12.3 Å². The van der Waals surface area contributed by atoms with E-state index in [0.717, 1.165) is 31.6 Å². The number of carbonyl (C=O) groups excluding carboxylic acids is 1. The Bertz CT molecular complexity index is 424. The van der Waals surface area contributed by atoms with Crippen molar-refractivity contribution in [1.29, 1.82) is 0 Å². The molecule has 0 spiro atoms. The lowest BCUT2D eigenvalue weighted by atomic mass is 9.95. The molecule has 0 N–H and O–H groups in total. The molecule has 0 radical (unpaired) electrons. The van der Waals surface area contributed by atoms with E-state index in [2.05, 4.69) is 32.9 Å². The van der Waals surface area contributed by atoms with E-state index in [1.807, 2.05) is 13.8 Å². The predicted octanol–water partition coefficient (Wildman–Crippen LogP) is 4.64. The molecule has 0 amide bonds. The maximum Gasteiger partial charge on any atom is 0.135 e. The van der Waals surface area contributed by atoms with Gasteiger partial charge in [-0.3, -0.25) is 4.79 Å². The van der Waals surface area contributed by atoms with Gasteiger partial charge in [-0.1, -0.05) is 20.8 Å². The minimum absolute atomic E-state index is 0.155. The molecule has 0 aliphatic rings. The average molecular weight is 276 g/mol. The van der Waals surface area contributed by atoms with Crippen molar-refractivity contribution in [1.82, 2.24) is 0 Å². The molecule has 2 nitrogen and oxygen atoms in total. The summed E-state index contributed by atoms with van der Waals surface area (Å²) in [5, 5.41) is 0. The van der Waals surface area contributed by atoms with Crippen LogP contribution in [0.25, 0.3) is 0 Å². The Morgan fingerprint density at radius 2 is 1.80 bits per heavy atom. The molecule has 0 saturated heterocycles. The molecule has 0 aliphatic heterocycles. The van der Waals surface area contributed by atoms with Crippen molar-refractivity contribution in [3.05, 3.63) is 28.8 Å². The van der Waals surface area contributed by atoms with Crippen LogP contribution in [0.2, 0.25) is 0 Å². The van der Waals surface area contributed by atoms with Crippen LogP contribution in [0.4, 0.5) is 0 Å². The number of rotatable bonds is 8. The Kier molecular flexibility index (Phi) is 6.77. The zero-order valence-corrected chi connectivity index (χ0v) is 13.6. The molecule has 0 unspecified atom stereocenters. The Labute approximate surface area is 123 Å². The molecule has 0 saturated carbocycles. The molecule has 0 fully saturated rings. The lowest BCUT2D eigenvalue weighted by Crippen LogP contribution is -2.07. The fourth-order valence-corrected chi connectivity index (χ4v) is 2.38. The summed E-state index contributed by atoms with van der Waals surface area (Å²) in [6, 6.07) is 4.23. The average Bonchev–Trinajstić information content (AvgIpc) is 2.39. The van der Waals surface area contributed by atoms with Gasteiger partial charge in [-0.25, -0.2) is 0 Å². The number of Topliss-reactive ketones (excluding diaryl/α,β-unsaturated/α-hetero) is 1. The summed E-state index contributed by atoms with van der Waals surface area (Å²) in [6.45, 7) is 11.1. The number of hydrogen-bond donors (Lipinski definition) is 0. The Morgan fingerprint density at radius 3 is 2.30 bits per heavy atom. The summed E-state index contributed by atoms with van der Waals surface area (Å²) in [5.74, 6) is 1.48. The lowest BCUT2D eigenvalue weighted by molar-refractivity contribution is -0.121. The third-order valence-electron chi connectivity index (χ3n) is 3.64. The lowest BCUT2D eigenvalue weighted by Gasteiger charge is -2.13. The topological polar surface area (TPSA) is 26.3 Å². The first-order valence-electron chi connectivity index (χ1n) is 7.71. The second-order valence-corrected chi connectivity index (χ2v) is 5.86. The van der Waals surface area contributed by atoms with E-state index in [4.69, 9.17) is 4.74 Å². The highest BCUT2D eigenvalue weighted by Gasteiger charge is 2.09. The van der Waals surface area contributed by atoms with Crippen LogP contribution < -0.4 is 4.74 Å². The van der Waals surface area contributed by atoms with Gasteiger partial charge >= 0.3 is 0 Å². The van der Waals surface area contributed by atoms with Crippen LogP contribution in [0.1, 0.15) is 56.7 Å². The molecule has 20 heavy (non-hydrogen) atoms. The summed E-state index contributed by atoms with van der Waals surface area (Å²) in [4.78, 5) is 11.7. The molecule has 1 aromatic carbocycles. The van der Waals surface area contributed by atoms with E-state index in [1.54, 1.807) is 0 Å². The molecule has 1 rings (SSSR count). The number of aryl methyl sites for hydroxylation is 2. The Balaban J connectivity index is 2.64. The molecule has 0 aliphatic carbocycles. The highest BCUT2D eigenvalue weighted by atomic mass is 16.5. The maximum absolute atomic E-state index is 11.7. The molecule has 0 bridgehead atoms. The molecule has 1 aromatic rings. The van der Waals surface area contributed by atoms with Crippen LogP contribution in [-0.4, -0.2) is 12.4 Å². The van der Waals surface area contributed by atoms with E-state index in [-0.39, 0.29) is 5.92 Å². The zero-order valence-electron chi connectivity index (χ0n) is 13.6. The third kappa shape index (κ3) is 4.99. The maximum atomic E-state index is 11.7. The number of carbonyl (C=O) groups is 1. The Morgan fingerprint density at radius 1 is 1.20 bits per heavy atom. The van der Waals surface area contributed by atoms with Crippen molar-refractivity contribution in [2.75, 3.05) is 6.61 Å². The van der Waals surface area contributed by atoms with Crippen LogP contribution in [0.5, 0.6) is 5.75 Å². The minimum Gasteiger partial charge on any atom is -0.494 e. The summed E-state index contributed by atoms with van der Waals surface area (Å²) in [5.41, 5.74) is 3.91. The van der Waals surface area contributed by atoms with Crippen LogP contribution in [-0.2, 0) is 11.2 Å². The highest BCUT2D eigenvalue weighted by Crippen LogP contribution is 2.23. The smallest absolute Gasteiger partial charge is 0.135 e. The number of ketones is 1. The zero-order chi connectivity index (χ0) is 15.1. The third-order valence-corrected chi connectivity index (χ3v) is 3.64. The van der Waals surface area contributed by atoms with Crippen LogP contribution in [0, 0.1) is 19.8 Å². The molecular formula is C18H28O2. The summed E-state index contributed by atoms with van der Waals surface area (Å²) < 4.78 is 5.69. The van der Waals surface area contributed by atoms with E-state index in [9.17, 15) is 4.79 Å². The number of hydrogen-bond acceptors (Lipinski definition) is 2. The Hall–Kier alpha value is -1.31. The van der Waals surface area contributed by atoms with Crippen LogP contribution in [0.3, 0.4) is 0 Å². The normalized spacial score (nSPS) is 10.9. The summed E-state index contributed by atoms with van der Waals surface area (Å²) in [7, 11) is 0. The first kappa shape index (κ1) is 16.7. The van der Waals surface area contributed by atoms with E-state index in [0.29, 0.717) is 12.2 Å². The fourth-order valence-electron chi connectivity index (χ4n) is 2.38. The molecule has 2 heteroatoms. The molecule has 0 heterocycles. The summed E-state index contributed by atoms with van der Waals surface area (Å²) >= 11 is 0.